The number of amides is 2. The summed E-state index contributed by atoms with van der Waals surface area (Å²) in [7, 11) is 0. The van der Waals surface area contributed by atoms with E-state index in [1.54, 1.807) is 29.7 Å². The van der Waals surface area contributed by atoms with Crippen LogP contribution in [-0.4, -0.2) is 21.8 Å². The topological polar surface area (TPSA) is 86.9 Å². The molecule has 0 atom stereocenters. The quantitative estimate of drug-likeness (QED) is 0.640. The van der Waals surface area contributed by atoms with E-state index >= 15 is 0 Å². The summed E-state index contributed by atoms with van der Waals surface area (Å²) in [6.45, 7) is 0. The van der Waals surface area contributed by atoms with E-state index in [4.69, 9.17) is 0 Å². The second-order valence-corrected chi connectivity index (χ2v) is 6.19. The average Bonchev–Trinajstić information content (AvgIpc) is 3.23. The van der Waals surface area contributed by atoms with Gasteiger partial charge in [0.25, 0.3) is 5.91 Å². The zero-order chi connectivity index (χ0) is 15.4. The number of thiazole rings is 1. The molecule has 3 N–H and O–H groups in total. The molecule has 22 heavy (non-hydrogen) atoms. The number of aromatic nitrogens is 2. The molecule has 8 heteroatoms. The zero-order valence-corrected chi connectivity index (χ0v) is 13.0. The number of nitrogens with zero attached hydrogens (tertiary/aromatic N) is 1. The highest BCUT2D eigenvalue weighted by molar-refractivity contribution is 7.20. The lowest BCUT2D eigenvalue weighted by Gasteiger charge is -2.05. The van der Waals surface area contributed by atoms with E-state index in [-0.39, 0.29) is 12.3 Å². The summed E-state index contributed by atoms with van der Waals surface area (Å²) in [6.07, 6.45) is 1.75. The van der Waals surface area contributed by atoms with Crippen LogP contribution in [0.4, 0.5) is 0 Å². The maximum absolute atomic E-state index is 11.8. The lowest BCUT2D eigenvalue weighted by molar-refractivity contribution is -0.121. The van der Waals surface area contributed by atoms with Gasteiger partial charge >= 0.3 is 0 Å². The molecule has 3 aromatic heterocycles. The molecule has 0 bridgehead atoms. The van der Waals surface area contributed by atoms with Crippen LogP contribution >= 0.6 is 22.7 Å². The van der Waals surface area contributed by atoms with Gasteiger partial charge in [-0.25, -0.2) is 4.98 Å². The number of rotatable bonds is 4. The molecule has 0 fully saturated rings. The first-order valence-corrected chi connectivity index (χ1v) is 8.19. The molecule has 0 spiro atoms. The summed E-state index contributed by atoms with van der Waals surface area (Å²) in [5.74, 6) is -0.709. The van der Waals surface area contributed by atoms with E-state index in [0.717, 1.165) is 9.88 Å². The maximum atomic E-state index is 11.8. The van der Waals surface area contributed by atoms with Crippen molar-refractivity contribution in [3.63, 3.8) is 0 Å². The third kappa shape index (κ3) is 3.41. The fourth-order valence-corrected chi connectivity index (χ4v) is 3.41. The van der Waals surface area contributed by atoms with Gasteiger partial charge in [0.05, 0.1) is 17.0 Å². The van der Waals surface area contributed by atoms with Crippen LogP contribution in [0.5, 0.6) is 0 Å². The molecule has 0 aliphatic rings. The Morgan fingerprint density at radius 3 is 2.82 bits per heavy atom. The summed E-state index contributed by atoms with van der Waals surface area (Å²) in [4.78, 5) is 31.7. The Kier molecular flexibility index (Phi) is 4.31. The van der Waals surface area contributed by atoms with Gasteiger partial charge in [-0.05, 0) is 23.6 Å². The molecule has 0 radical (unpaired) electrons. The van der Waals surface area contributed by atoms with Crippen molar-refractivity contribution < 1.29 is 9.59 Å². The smallest absolute Gasteiger partial charge is 0.286 e. The van der Waals surface area contributed by atoms with Crippen LogP contribution in [0.15, 0.2) is 41.2 Å². The molecule has 112 valence electrons. The summed E-state index contributed by atoms with van der Waals surface area (Å²) in [6, 6.07) is 7.28. The van der Waals surface area contributed by atoms with Crippen LogP contribution < -0.4 is 10.9 Å². The molecule has 3 heterocycles. The Labute approximate surface area is 134 Å². The summed E-state index contributed by atoms with van der Waals surface area (Å²) < 4.78 is 0. The molecule has 0 unspecified atom stereocenters. The Bertz CT molecular complexity index is 763. The monoisotopic (exact) mass is 332 g/mol. The molecule has 6 nitrogen and oxygen atoms in total. The average molecular weight is 332 g/mol. The van der Waals surface area contributed by atoms with Crippen LogP contribution in [0.1, 0.15) is 16.2 Å². The third-order valence-electron chi connectivity index (χ3n) is 2.78. The highest BCUT2D eigenvalue weighted by atomic mass is 32.1. The first-order chi connectivity index (χ1) is 10.7. The minimum absolute atomic E-state index is 0.118. The Morgan fingerprint density at radius 2 is 2.09 bits per heavy atom. The normalized spacial score (nSPS) is 10.4. The molecule has 0 aliphatic heterocycles. The molecule has 0 saturated carbocycles. The largest absolute Gasteiger partial charge is 0.357 e. The van der Waals surface area contributed by atoms with E-state index < -0.39 is 5.91 Å². The molecule has 3 aromatic rings. The van der Waals surface area contributed by atoms with Gasteiger partial charge in [-0.15, -0.1) is 22.7 Å². The number of hydrogen-bond donors (Lipinski definition) is 3. The van der Waals surface area contributed by atoms with Gasteiger partial charge in [-0.1, -0.05) is 6.07 Å². The summed E-state index contributed by atoms with van der Waals surface area (Å²) in [5, 5.41) is 4.73. The second kappa shape index (κ2) is 6.54. The van der Waals surface area contributed by atoms with Gasteiger partial charge < -0.3 is 4.98 Å². The molecule has 3 rings (SSSR count). The van der Waals surface area contributed by atoms with E-state index in [9.17, 15) is 9.59 Å². The molecular formula is C14H12N4O2S2. The zero-order valence-electron chi connectivity index (χ0n) is 11.3. The summed E-state index contributed by atoms with van der Waals surface area (Å²) in [5.41, 5.74) is 5.78. The van der Waals surface area contributed by atoms with Crippen LogP contribution in [0.2, 0.25) is 0 Å². The van der Waals surface area contributed by atoms with Gasteiger partial charge in [-0.3, -0.25) is 20.4 Å². The lowest BCUT2D eigenvalue weighted by atomic mass is 10.3. The van der Waals surface area contributed by atoms with Crippen molar-refractivity contribution in [3.05, 3.63) is 52.6 Å². The minimum atomic E-state index is -0.393. The highest BCUT2D eigenvalue weighted by Gasteiger charge is 2.11. The number of hydrazine groups is 1. The number of aromatic amines is 1. The van der Waals surface area contributed by atoms with Gasteiger partial charge in [0.15, 0.2) is 0 Å². The number of nitrogens with one attached hydrogen (secondary N) is 3. The van der Waals surface area contributed by atoms with Crippen molar-refractivity contribution in [3.8, 4) is 9.88 Å². The molecule has 0 aliphatic carbocycles. The molecular weight excluding hydrogens is 320 g/mol. The minimum Gasteiger partial charge on any atom is -0.357 e. The van der Waals surface area contributed by atoms with Crippen LogP contribution in [0, 0.1) is 0 Å². The van der Waals surface area contributed by atoms with Crippen LogP contribution in [-0.2, 0) is 11.2 Å². The van der Waals surface area contributed by atoms with Crippen molar-refractivity contribution in [1.82, 2.24) is 20.8 Å². The first kappa shape index (κ1) is 14.5. The first-order valence-electron chi connectivity index (χ1n) is 6.43. The van der Waals surface area contributed by atoms with Crippen molar-refractivity contribution >= 4 is 34.5 Å². The third-order valence-corrected chi connectivity index (χ3v) is 4.71. The second-order valence-electron chi connectivity index (χ2n) is 4.38. The van der Waals surface area contributed by atoms with E-state index in [1.807, 2.05) is 22.9 Å². The predicted octanol–water partition coefficient (Wildman–Crippen LogP) is 2.20. The molecule has 2 amide bonds. The van der Waals surface area contributed by atoms with Crippen molar-refractivity contribution in [2.45, 2.75) is 6.42 Å². The summed E-state index contributed by atoms with van der Waals surface area (Å²) >= 11 is 3.11. The number of thiophene rings is 1. The van der Waals surface area contributed by atoms with E-state index in [0.29, 0.717) is 11.4 Å². The number of H-pyrrole nitrogens is 1. The van der Waals surface area contributed by atoms with Crippen LogP contribution in [0.25, 0.3) is 9.88 Å². The molecule has 0 aromatic carbocycles. The predicted molar refractivity (Wildman–Crippen MR) is 85.5 cm³/mol. The van der Waals surface area contributed by atoms with Crippen LogP contribution in [0.3, 0.4) is 0 Å². The standard InChI is InChI=1S/C14H12N4O2S2/c19-12(17-18-13(20)10-3-1-5-15-10)7-9-8-22-14(16-9)11-4-2-6-21-11/h1-6,8,15H,7H2,(H,17,19)(H,18,20). The fraction of sp³-hybridized carbons (Fsp3) is 0.0714. The lowest BCUT2D eigenvalue weighted by Crippen LogP contribution is -2.42. The number of carbonyl (C=O) groups is 2. The van der Waals surface area contributed by atoms with Gasteiger partial charge in [0.2, 0.25) is 5.91 Å². The highest BCUT2D eigenvalue weighted by Crippen LogP contribution is 2.27. The Hall–Kier alpha value is -2.45. The fourth-order valence-electron chi connectivity index (χ4n) is 1.78. The maximum Gasteiger partial charge on any atom is 0.286 e. The van der Waals surface area contributed by atoms with Gasteiger partial charge in [0.1, 0.15) is 10.7 Å². The number of hydrogen-bond acceptors (Lipinski definition) is 5. The SMILES string of the molecule is O=C(Cc1csc(-c2cccs2)n1)NNC(=O)c1ccc[nH]1. The van der Waals surface area contributed by atoms with Crippen molar-refractivity contribution in [2.24, 2.45) is 0 Å². The Balaban J connectivity index is 1.53. The Morgan fingerprint density at radius 1 is 1.18 bits per heavy atom. The van der Waals surface area contributed by atoms with Gasteiger partial charge in [0, 0.05) is 11.6 Å². The van der Waals surface area contributed by atoms with E-state index in [1.165, 1.54) is 11.3 Å². The van der Waals surface area contributed by atoms with E-state index in [2.05, 4.69) is 20.8 Å². The van der Waals surface area contributed by atoms with Crippen molar-refractivity contribution in [2.75, 3.05) is 0 Å². The molecule has 0 saturated heterocycles. The van der Waals surface area contributed by atoms with Crippen molar-refractivity contribution in [1.29, 1.82) is 0 Å². The van der Waals surface area contributed by atoms with Gasteiger partial charge in [-0.2, -0.15) is 0 Å². The number of carbonyl (C=O) groups excluding carboxylic acids is 2.